The number of halogens is 1. The molecule has 0 saturated carbocycles. The number of anilines is 1. The molecule has 0 bridgehead atoms. The normalized spacial score (nSPS) is 15.2. The second kappa shape index (κ2) is 8.43. The third kappa shape index (κ3) is 4.57. The number of nitrogens with one attached hydrogen (secondary N) is 1. The minimum atomic E-state index is -0.354. The van der Waals surface area contributed by atoms with E-state index in [4.69, 9.17) is 0 Å². The lowest BCUT2D eigenvalue weighted by Crippen LogP contribution is -2.40. The van der Waals surface area contributed by atoms with Gasteiger partial charge in [0.25, 0.3) is 0 Å². The third-order valence-corrected chi connectivity index (χ3v) is 4.53. The van der Waals surface area contributed by atoms with Crippen LogP contribution in [0.15, 0.2) is 60.7 Å². The van der Waals surface area contributed by atoms with Crippen molar-refractivity contribution >= 4 is 23.6 Å². The number of likely N-dealkylation sites (tertiary alicyclic amines) is 1. The zero-order valence-corrected chi connectivity index (χ0v) is 14.4. The fraction of sp³-hybridized carbons (Fsp3) is 0.238. The van der Waals surface area contributed by atoms with Crippen molar-refractivity contribution in [2.45, 2.75) is 12.8 Å². The predicted molar refractivity (Wildman–Crippen MR) is 99.8 cm³/mol. The van der Waals surface area contributed by atoms with E-state index in [0.717, 1.165) is 5.69 Å². The number of nitrogens with zero attached hydrogens (tertiary/aromatic N) is 1. The molecule has 3 rings (SSSR count). The molecular formula is C21H21FN2O2. The van der Waals surface area contributed by atoms with Crippen molar-refractivity contribution in [1.82, 2.24) is 4.90 Å². The minimum absolute atomic E-state index is 0.00908. The predicted octanol–water partition coefficient (Wildman–Crippen LogP) is 3.72. The molecule has 1 fully saturated rings. The highest BCUT2D eigenvalue weighted by Gasteiger charge is 2.26. The number of benzene rings is 2. The molecular weight excluding hydrogens is 331 g/mol. The largest absolute Gasteiger partial charge is 0.339 e. The van der Waals surface area contributed by atoms with Gasteiger partial charge in [-0.2, -0.15) is 0 Å². The number of piperidine rings is 1. The van der Waals surface area contributed by atoms with E-state index in [0.29, 0.717) is 31.5 Å². The Morgan fingerprint density at radius 1 is 1.00 bits per heavy atom. The average Bonchev–Trinajstić information content (AvgIpc) is 2.68. The van der Waals surface area contributed by atoms with Gasteiger partial charge in [-0.25, -0.2) is 4.39 Å². The smallest absolute Gasteiger partial charge is 0.246 e. The standard InChI is InChI=1S/C21H21FN2O2/c22-19-9-5-4-6-16(19)10-11-20(25)24-14-12-17(13-15-24)21(26)23-18-7-2-1-3-8-18/h1-11,17H,12-15H2,(H,23,26). The highest BCUT2D eigenvalue weighted by molar-refractivity contribution is 5.94. The van der Waals surface area contributed by atoms with E-state index in [9.17, 15) is 14.0 Å². The zero-order chi connectivity index (χ0) is 18.4. The van der Waals surface area contributed by atoms with E-state index in [1.54, 1.807) is 23.1 Å². The van der Waals surface area contributed by atoms with Gasteiger partial charge in [0.1, 0.15) is 5.82 Å². The molecule has 0 radical (unpaired) electrons. The van der Waals surface area contributed by atoms with E-state index in [1.165, 1.54) is 18.2 Å². The Balaban J connectivity index is 1.51. The van der Waals surface area contributed by atoms with Crippen LogP contribution < -0.4 is 5.32 Å². The van der Waals surface area contributed by atoms with Gasteiger partial charge in [0.2, 0.25) is 11.8 Å². The number of rotatable bonds is 4. The quantitative estimate of drug-likeness (QED) is 0.853. The van der Waals surface area contributed by atoms with Crippen molar-refractivity contribution < 1.29 is 14.0 Å². The molecule has 1 saturated heterocycles. The first kappa shape index (κ1) is 17.9. The Morgan fingerprint density at radius 3 is 2.35 bits per heavy atom. The van der Waals surface area contributed by atoms with Crippen LogP contribution in [0.25, 0.3) is 6.08 Å². The molecule has 2 aromatic carbocycles. The maximum absolute atomic E-state index is 13.6. The summed E-state index contributed by atoms with van der Waals surface area (Å²) in [6.45, 7) is 1.04. The first-order valence-corrected chi connectivity index (χ1v) is 8.71. The number of hydrogen-bond acceptors (Lipinski definition) is 2. The molecule has 5 heteroatoms. The second-order valence-electron chi connectivity index (χ2n) is 6.31. The summed E-state index contributed by atoms with van der Waals surface area (Å²) < 4.78 is 13.6. The van der Waals surface area contributed by atoms with Crippen LogP contribution in [0, 0.1) is 11.7 Å². The van der Waals surface area contributed by atoms with Gasteiger partial charge in [-0.1, -0.05) is 36.4 Å². The molecule has 4 nitrogen and oxygen atoms in total. The molecule has 0 spiro atoms. The summed E-state index contributed by atoms with van der Waals surface area (Å²) in [5.74, 6) is -0.622. The number of carbonyl (C=O) groups is 2. The summed E-state index contributed by atoms with van der Waals surface area (Å²) in [6, 6.07) is 15.7. The Labute approximate surface area is 152 Å². The minimum Gasteiger partial charge on any atom is -0.339 e. The Hall–Kier alpha value is -2.95. The average molecular weight is 352 g/mol. The van der Waals surface area contributed by atoms with Gasteiger partial charge in [0.05, 0.1) is 0 Å². The van der Waals surface area contributed by atoms with Gasteiger partial charge in [0, 0.05) is 36.3 Å². The molecule has 2 aromatic rings. The van der Waals surface area contributed by atoms with Gasteiger partial charge in [0.15, 0.2) is 0 Å². The van der Waals surface area contributed by atoms with E-state index >= 15 is 0 Å². The molecule has 0 atom stereocenters. The first-order chi connectivity index (χ1) is 12.6. The van der Waals surface area contributed by atoms with Crippen LogP contribution in [-0.2, 0) is 9.59 Å². The van der Waals surface area contributed by atoms with E-state index in [2.05, 4.69) is 5.32 Å². The summed E-state index contributed by atoms with van der Waals surface area (Å²) in [6.07, 6.45) is 4.13. The fourth-order valence-corrected chi connectivity index (χ4v) is 3.00. The molecule has 0 aromatic heterocycles. The SMILES string of the molecule is O=C(Nc1ccccc1)C1CCN(C(=O)C=Cc2ccccc2F)CC1. The molecule has 1 heterocycles. The van der Waals surface area contributed by atoms with Crippen molar-refractivity contribution in [1.29, 1.82) is 0 Å². The maximum atomic E-state index is 13.6. The lowest BCUT2D eigenvalue weighted by atomic mass is 9.95. The highest BCUT2D eigenvalue weighted by Crippen LogP contribution is 2.20. The second-order valence-corrected chi connectivity index (χ2v) is 6.31. The van der Waals surface area contributed by atoms with E-state index < -0.39 is 0 Å². The van der Waals surface area contributed by atoms with Crippen LogP contribution in [0.4, 0.5) is 10.1 Å². The number of hydrogen-bond donors (Lipinski definition) is 1. The highest BCUT2D eigenvalue weighted by atomic mass is 19.1. The van der Waals surface area contributed by atoms with E-state index in [1.807, 2.05) is 30.3 Å². The summed E-state index contributed by atoms with van der Waals surface area (Å²) >= 11 is 0. The van der Waals surface area contributed by atoms with Crippen molar-refractivity contribution in [2.75, 3.05) is 18.4 Å². The summed E-state index contributed by atoms with van der Waals surface area (Å²) in [4.78, 5) is 26.3. The van der Waals surface area contributed by atoms with Crippen molar-refractivity contribution in [3.8, 4) is 0 Å². The maximum Gasteiger partial charge on any atom is 0.246 e. The van der Waals surface area contributed by atoms with Crippen LogP contribution >= 0.6 is 0 Å². The van der Waals surface area contributed by atoms with Gasteiger partial charge in [-0.15, -0.1) is 0 Å². The molecule has 1 N–H and O–H groups in total. The topological polar surface area (TPSA) is 49.4 Å². The number of para-hydroxylation sites is 1. The molecule has 134 valence electrons. The Morgan fingerprint density at radius 2 is 1.65 bits per heavy atom. The van der Waals surface area contributed by atoms with Crippen LogP contribution in [0.5, 0.6) is 0 Å². The zero-order valence-electron chi connectivity index (χ0n) is 14.4. The molecule has 0 aliphatic carbocycles. The lowest BCUT2D eigenvalue weighted by Gasteiger charge is -2.30. The van der Waals surface area contributed by atoms with Crippen LogP contribution in [0.2, 0.25) is 0 Å². The summed E-state index contributed by atoms with van der Waals surface area (Å²) in [5.41, 5.74) is 1.17. The van der Waals surface area contributed by atoms with Crippen molar-refractivity contribution in [3.05, 3.63) is 72.1 Å². The molecule has 1 aliphatic heterocycles. The number of carbonyl (C=O) groups excluding carboxylic acids is 2. The first-order valence-electron chi connectivity index (χ1n) is 8.71. The number of amides is 2. The summed E-state index contributed by atoms with van der Waals surface area (Å²) in [7, 11) is 0. The van der Waals surface area contributed by atoms with Crippen LogP contribution in [0.1, 0.15) is 18.4 Å². The fourth-order valence-electron chi connectivity index (χ4n) is 3.00. The summed E-state index contributed by atoms with van der Waals surface area (Å²) in [5, 5.41) is 2.91. The Bertz CT molecular complexity index is 797. The molecule has 2 amide bonds. The van der Waals surface area contributed by atoms with Gasteiger partial charge >= 0.3 is 0 Å². The van der Waals surface area contributed by atoms with Gasteiger partial charge in [-0.05, 0) is 37.1 Å². The van der Waals surface area contributed by atoms with Crippen LogP contribution in [-0.4, -0.2) is 29.8 Å². The molecule has 1 aliphatic rings. The van der Waals surface area contributed by atoms with Gasteiger partial charge in [-0.3, -0.25) is 9.59 Å². The molecule has 26 heavy (non-hydrogen) atoms. The molecule has 0 unspecified atom stereocenters. The van der Waals surface area contributed by atoms with Crippen LogP contribution in [0.3, 0.4) is 0 Å². The van der Waals surface area contributed by atoms with Crippen molar-refractivity contribution in [3.63, 3.8) is 0 Å². The monoisotopic (exact) mass is 352 g/mol. The lowest BCUT2D eigenvalue weighted by molar-refractivity contribution is -0.130. The van der Waals surface area contributed by atoms with E-state index in [-0.39, 0.29) is 23.5 Å². The Kier molecular flexibility index (Phi) is 5.79. The van der Waals surface area contributed by atoms with Gasteiger partial charge < -0.3 is 10.2 Å². The third-order valence-electron chi connectivity index (χ3n) is 4.53. The van der Waals surface area contributed by atoms with Crippen molar-refractivity contribution in [2.24, 2.45) is 5.92 Å².